The van der Waals surface area contributed by atoms with E-state index in [0.717, 1.165) is 12.8 Å². The Labute approximate surface area is 169 Å². The second-order valence-electron chi connectivity index (χ2n) is 7.39. The number of halogens is 2. The average Bonchev–Trinajstić information content (AvgIpc) is 2.70. The maximum atomic E-state index is 14.5. The van der Waals surface area contributed by atoms with Crippen LogP contribution in [0, 0.1) is 0 Å². The number of carbonyl (C=O) groups excluding carboxylic acids is 1. The van der Waals surface area contributed by atoms with E-state index in [2.05, 4.69) is 0 Å². The summed E-state index contributed by atoms with van der Waals surface area (Å²) >= 11 is 0. The number of carboxylic acids is 1. The summed E-state index contributed by atoms with van der Waals surface area (Å²) in [6.45, 7) is 0.672. The van der Waals surface area contributed by atoms with Crippen LogP contribution in [0.1, 0.15) is 56.9 Å². The lowest BCUT2D eigenvalue weighted by atomic mass is 9.96. The number of cyclic esters (lactones) is 1. The molecule has 1 heterocycles. The number of amides is 1. The molecule has 0 aromatic heterocycles. The van der Waals surface area contributed by atoms with Crippen molar-refractivity contribution in [1.29, 1.82) is 0 Å². The van der Waals surface area contributed by atoms with Gasteiger partial charge in [-0.3, -0.25) is 4.79 Å². The normalized spacial score (nSPS) is 18.4. The molecule has 1 aliphatic heterocycles. The third-order valence-electron chi connectivity index (χ3n) is 5.24. The Morgan fingerprint density at radius 3 is 2.59 bits per heavy atom. The summed E-state index contributed by atoms with van der Waals surface area (Å²) in [6.07, 6.45) is 1.30. The molecule has 8 heteroatoms. The molecule has 1 aromatic carbocycles. The Kier molecular flexibility index (Phi) is 8.82. The number of unbranched alkanes of at least 4 members (excludes halogenated alkanes) is 3. The molecule has 0 saturated carbocycles. The van der Waals surface area contributed by atoms with Gasteiger partial charge in [-0.15, -0.1) is 0 Å². The number of ether oxygens (including phenoxy) is 1. The Hall–Kier alpha value is -2.22. The number of hydrogen-bond donors (Lipinski definition) is 2. The third kappa shape index (κ3) is 6.96. The Morgan fingerprint density at radius 1 is 1.21 bits per heavy atom. The van der Waals surface area contributed by atoms with Crippen molar-refractivity contribution in [2.75, 3.05) is 13.2 Å². The van der Waals surface area contributed by atoms with Crippen LogP contribution < -0.4 is 0 Å². The molecule has 2 unspecified atom stereocenters. The van der Waals surface area contributed by atoms with Gasteiger partial charge in [-0.05, 0) is 25.7 Å². The van der Waals surface area contributed by atoms with Gasteiger partial charge in [0.2, 0.25) is 0 Å². The van der Waals surface area contributed by atoms with E-state index in [0.29, 0.717) is 25.8 Å². The lowest BCUT2D eigenvalue weighted by molar-refractivity contribution is -0.137. The van der Waals surface area contributed by atoms with Crippen molar-refractivity contribution in [2.45, 2.75) is 69.4 Å². The minimum absolute atomic E-state index is 0.127. The molecule has 162 valence electrons. The minimum atomic E-state index is -3.36. The highest BCUT2D eigenvalue weighted by molar-refractivity contribution is 5.68. The number of benzene rings is 1. The van der Waals surface area contributed by atoms with Crippen LogP contribution in [0.3, 0.4) is 0 Å². The first-order chi connectivity index (χ1) is 13.8. The van der Waals surface area contributed by atoms with E-state index in [4.69, 9.17) is 9.84 Å². The van der Waals surface area contributed by atoms with Crippen molar-refractivity contribution in [3.8, 4) is 0 Å². The SMILES string of the molecule is O=C(O)CCCCCCN1C(=O)OCCC1CCC(O)C(F)(F)c1ccccc1. The smallest absolute Gasteiger partial charge is 0.410 e. The molecule has 2 rings (SSSR count). The zero-order valence-electron chi connectivity index (χ0n) is 16.4. The molecule has 0 aliphatic carbocycles. The molecular formula is C21H29F2NO5. The van der Waals surface area contributed by atoms with Crippen LogP contribution in [-0.4, -0.2) is 52.5 Å². The summed E-state index contributed by atoms with van der Waals surface area (Å²) in [5.41, 5.74) is -0.228. The van der Waals surface area contributed by atoms with Crippen molar-refractivity contribution in [2.24, 2.45) is 0 Å². The van der Waals surface area contributed by atoms with Crippen LogP contribution in [0.4, 0.5) is 13.6 Å². The average molecular weight is 413 g/mol. The first-order valence-corrected chi connectivity index (χ1v) is 10.1. The maximum Gasteiger partial charge on any atom is 0.410 e. The van der Waals surface area contributed by atoms with Crippen LogP contribution in [0.25, 0.3) is 0 Å². The second-order valence-corrected chi connectivity index (χ2v) is 7.39. The van der Waals surface area contributed by atoms with Gasteiger partial charge >= 0.3 is 12.1 Å². The lowest BCUT2D eigenvalue weighted by Crippen LogP contribution is -2.46. The van der Waals surface area contributed by atoms with Crippen molar-refractivity contribution in [1.82, 2.24) is 4.90 Å². The zero-order valence-corrected chi connectivity index (χ0v) is 16.4. The molecule has 0 spiro atoms. The molecule has 1 aliphatic rings. The predicted molar refractivity (Wildman–Crippen MR) is 103 cm³/mol. The van der Waals surface area contributed by atoms with E-state index < -0.39 is 24.1 Å². The van der Waals surface area contributed by atoms with Gasteiger partial charge in [0.25, 0.3) is 5.92 Å². The fourth-order valence-corrected chi connectivity index (χ4v) is 3.54. The fraction of sp³-hybridized carbons (Fsp3) is 0.619. The fourth-order valence-electron chi connectivity index (χ4n) is 3.54. The molecule has 1 amide bonds. The van der Waals surface area contributed by atoms with Crippen molar-refractivity contribution >= 4 is 12.1 Å². The summed E-state index contributed by atoms with van der Waals surface area (Å²) in [6, 6.07) is 6.97. The van der Waals surface area contributed by atoms with Crippen LogP contribution in [-0.2, 0) is 15.5 Å². The maximum absolute atomic E-state index is 14.5. The van der Waals surface area contributed by atoms with E-state index >= 15 is 0 Å². The minimum Gasteiger partial charge on any atom is -0.481 e. The van der Waals surface area contributed by atoms with E-state index in [1.165, 1.54) is 24.3 Å². The van der Waals surface area contributed by atoms with E-state index in [-0.39, 0.29) is 37.5 Å². The standard InChI is InChI=1S/C21H29F2NO5/c22-21(23,16-8-4-3-5-9-16)18(25)12-11-17-13-15-29-20(28)24(17)14-7-2-1-6-10-19(26)27/h3-5,8-9,17-18,25H,1-2,6-7,10-15H2,(H,26,27). The Bertz CT molecular complexity index is 656. The number of carboxylic acid groups (broad SMARTS) is 1. The van der Waals surface area contributed by atoms with Crippen molar-refractivity contribution in [3.05, 3.63) is 35.9 Å². The first-order valence-electron chi connectivity index (χ1n) is 10.1. The molecule has 6 nitrogen and oxygen atoms in total. The van der Waals surface area contributed by atoms with Crippen molar-refractivity contribution < 1.29 is 33.3 Å². The summed E-state index contributed by atoms with van der Waals surface area (Å²) in [5.74, 6) is -4.18. The van der Waals surface area contributed by atoms with Gasteiger partial charge in [-0.25, -0.2) is 4.79 Å². The highest BCUT2D eigenvalue weighted by Crippen LogP contribution is 2.34. The van der Waals surface area contributed by atoms with Gasteiger partial charge in [0.15, 0.2) is 0 Å². The van der Waals surface area contributed by atoms with Crippen LogP contribution in [0.2, 0.25) is 0 Å². The first kappa shape index (κ1) is 23.1. The lowest BCUT2D eigenvalue weighted by Gasteiger charge is -2.36. The monoisotopic (exact) mass is 413 g/mol. The molecule has 1 saturated heterocycles. The largest absolute Gasteiger partial charge is 0.481 e. The number of nitrogens with zero attached hydrogens (tertiary/aromatic N) is 1. The van der Waals surface area contributed by atoms with E-state index in [9.17, 15) is 23.5 Å². The highest BCUT2D eigenvalue weighted by atomic mass is 19.3. The number of aliphatic carboxylic acids is 1. The molecular weight excluding hydrogens is 384 g/mol. The second kappa shape index (κ2) is 11.1. The summed E-state index contributed by atoms with van der Waals surface area (Å²) in [4.78, 5) is 24.2. The number of rotatable bonds is 12. The topological polar surface area (TPSA) is 87.1 Å². The number of carbonyl (C=O) groups is 2. The van der Waals surface area contributed by atoms with Crippen molar-refractivity contribution in [3.63, 3.8) is 0 Å². The summed E-state index contributed by atoms with van der Waals surface area (Å²) in [7, 11) is 0. The predicted octanol–water partition coefficient (Wildman–Crippen LogP) is 4.17. The van der Waals surface area contributed by atoms with Gasteiger partial charge in [-0.2, -0.15) is 8.78 Å². The molecule has 2 atom stereocenters. The summed E-state index contributed by atoms with van der Waals surface area (Å²) < 4.78 is 34.0. The van der Waals surface area contributed by atoms with Gasteiger partial charge in [-0.1, -0.05) is 43.2 Å². The Morgan fingerprint density at radius 2 is 1.90 bits per heavy atom. The van der Waals surface area contributed by atoms with Gasteiger partial charge in [0.05, 0.1) is 6.61 Å². The van der Waals surface area contributed by atoms with Gasteiger partial charge in [0, 0.05) is 31.0 Å². The molecule has 0 radical (unpaired) electrons. The quantitative estimate of drug-likeness (QED) is 0.503. The number of aliphatic hydroxyl groups excluding tert-OH is 1. The number of alkyl halides is 2. The Balaban J connectivity index is 1.83. The summed E-state index contributed by atoms with van der Waals surface area (Å²) in [5, 5.41) is 18.7. The molecule has 0 bridgehead atoms. The number of aliphatic hydroxyl groups is 1. The molecule has 29 heavy (non-hydrogen) atoms. The highest BCUT2D eigenvalue weighted by Gasteiger charge is 2.41. The third-order valence-corrected chi connectivity index (χ3v) is 5.24. The van der Waals surface area contributed by atoms with Crippen LogP contribution in [0.5, 0.6) is 0 Å². The van der Waals surface area contributed by atoms with E-state index in [1.54, 1.807) is 11.0 Å². The van der Waals surface area contributed by atoms with Crippen LogP contribution in [0.15, 0.2) is 30.3 Å². The zero-order chi connectivity index (χ0) is 21.3. The molecule has 2 N–H and O–H groups in total. The molecule has 1 aromatic rings. The van der Waals surface area contributed by atoms with Gasteiger partial charge < -0.3 is 19.8 Å². The van der Waals surface area contributed by atoms with Crippen LogP contribution >= 0.6 is 0 Å². The van der Waals surface area contributed by atoms with E-state index in [1.807, 2.05) is 0 Å². The van der Waals surface area contributed by atoms with Gasteiger partial charge in [0.1, 0.15) is 6.10 Å². The molecule has 1 fully saturated rings. The number of hydrogen-bond acceptors (Lipinski definition) is 4.